The van der Waals surface area contributed by atoms with Crippen molar-refractivity contribution in [2.45, 2.75) is 71.1 Å². The summed E-state index contributed by atoms with van der Waals surface area (Å²) in [7, 11) is 0. The SMILES string of the molecule is CCCCC1(C2CCCC2)Cc2cc(C(=O)CCC(=O)O)c(Cl)c(Cl)c2C1=O. The van der Waals surface area contributed by atoms with Crippen molar-refractivity contribution in [2.75, 3.05) is 0 Å². The predicted octanol–water partition coefficient (Wildman–Crippen LogP) is 6.15. The number of Topliss-reactive ketones (excluding diaryl/α,β-unsaturated/α-hetero) is 2. The van der Waals surface area contributed by atoms with Gasteiger partial charge in [0.15, 0.2) is 11.6 Å². The zero-order chi connectivity index (χ0) is 20.5. The number of benzene rings is 1. The first kappa shape index (κ1) is 21.3. The topological polar surface area (TPSA) is 71.4 Å². The molecular formula is C22H26Cl2O4. The number of carbonyl (C=O) groups excluding carboxylic acids is 2. The van der Waals surface area contributed by atoms with Gasteiger partial charge in [0.05, 0.1) is 16.5 Å². The summed E-state index contributed by atoms with van der Waals surface area (Å²) in [6.07, 6.45) is 7.44. The molecule has 0 bridgehead atoms. The highest BCUT2D eigenvalue weighted by atomic mass is 35.5. The third-order valence-electron chi connectivity index (χ3n) is 6.45. The highest BCUT2D eigenvalue weighted by Gasteiger charge is 2.51. The lowest BCUT2D eigenvalue weighted by Crippen LogP contribution is -2.35. The molecule has 1 saturated carbocycles. The van der Waals surface area contributed by atoms with Crippen molar-refractivity contribution < 1.29 is 19.5 Å². The minimum absolute atomic E-state index is 0.0712. The molecule has 1 N–H and O–H groups in total. The molecule has 1 aromatic carbocycles. The zero-order valence-electron chi connectivity index (χ0n) is 16.2. The van der Waals surface area contributed by atoms with Crippen LogP contribution in [0.4, 0.5) is 0 Å². The summed E-state index contributed by atoms with van der Waals surface area (Å²) in [5.41, 5.74) is 1.06. The molecule has 0 spiro atoms. The van der Waals surface area contributed by atoms with E-state index in [9.17, 15) is 14.4 Å². The van der Waals surface area contributed by atoms with Gasteiger partial charge in [0, 0.05) is 23.0 Å². The van der Waals surface area contributed by atoms with Gasteiger partial charge in [-0.05, 0) is 43.2 Å². The second-order valence-corrected chi connectivity index (χ2v) is 8.91. The number of hydrogen-bond donors (Lipinski definition) is 1. The van der Waals surface area contributed by atoms with Crippen LogP contribution < -0.4 is 0 Å². The van der Waals surface area contributed by atoms with Crippen LogP contribution in [0.25, 0.3) is 0 Å². The molecule has 0 aliphatic heterocycles. The van der Waals surface area contributed by atoms with Crippen molar-refractivity contribution >= 4 is 40.7 Å². The monoisotopic (exact) mass is 424 g/mol. The Morgan fingerprint density at radius 2 is 1.86 bits per heavy atom. The summed E-state index contributed by atoms with van der Waals surface area (Å²) in [5, 5.41) is 9.06. The number of aliphatic carboxylic acids is 1. The molecule has 2 aliphatic rings. The number of carboxylic acids is 1. The summed E-state index contributed by atoms with van der Waals surface area (Å²) < 4.78 is 0. The lowest BCUT2D eigenvalue weighted by Gasteiger charge is -2.34. The molecule has 3 rings (SSSR count). The normalized spacial score (nSPS) is 21.9. The van der Waals surface area contributed by atoms with Crippen LogP contribution in [0, 0.1) is 11.3 Å². The van der Waals surface area contributed by atoms with Gasteiger partial charge in [-0.1, -0.05) is 55.8 Å². The minimum Gasteiger partial charge on any atom is -0.481 e. The Kier molecular flexibility index (Phi) is 6.51. The number of carboxylic acid groups (broad SMARTS) is 1. The molecule has 0 amide bonds. The van der Waals surface area contributed by atoms with Gasteiger partial charge in [0.2, 0.25) is 0 Å². The summed E-state index contributed by atoms with van der Waals surface area (Å²) >= 11 is 12.8. The Morgan fingerprint density at radius 3 is 2.46 bits per heavy atom. The van der Waals surface area contributed by atoms with Gasteiger partial charge in [-0.3, -0.25) is 14.4 Å². The van der Waals surface area contributed by atoms with Gasteiger partial charge in [0.1, 0.15) is 0 Å². The fraction of sp³-hybridized carbons (Fsp3) is 0.591. The number of carbonyl (C=O) groups is 3. The second-order valence-electron chi connectivity index (χ2n) is 8.15. The summed E-state index contributed by atoms with van der Waals surface area (Å²) in [6, 6.07) is 1.69. The predicted molar refractivity (Wildman–Crippen MR) is 110 cm³/mol. The van der Waals surface area contributed by atoms with Crippen LogP contribution in [0.1, 0.15) is 91.0 Å². The highest BCUT2D eigenvalue weighted by Crippen LogP contribution is 2.54. The van der Waals surface area contributed by atoms with E-state index in [2.05, 4.69) is 6.92 Å². The maximum absolute atomic E-state index is 13.6. The Hall–Kier alpha value is -1.39. The average molecular weight is 425 g/mol. The summed E-state index contributed by atoms with van der Waals surface area (Å²) in [6.45, 7) is 2.12. The number of fused-ring (bicyclic) bond motifs is 1. The van der Waals surface area contributed by atoms with E-state index in [1.54, 1.807) is 6.07 Å². The van der Waals surface area contributed by atoms with Crippen molar-refractivity contribution in [3.63, 3.8) is 0 Å². The maximum atomic E-state index is 13.6. The summed E-state index contributed by atoms with van der Waals surface area (Å²) in [5.74, 6) is -0.956. The Labute approximate surface area is 175 Å². The molecule has 1 aromatic rings. The van der Waals surface area contributed by atoms with Crippen LogP contribution in [0.2, 0.25) is 10.0 Å². The molecular weight excluding hydrogens is 399 g/mol. The highest BCUT2D eigenvalue weighted by molar-refractivity contribution is 6.46. The largest absolute Gasteiger partial charge is 0.481 e. The molecule has 0 saturated heterocycles. The number of unbranched alkanes of at least 4 members (excludes halogenated alkanes) is 1. The molecule has 6 heteroatoms. The molecule has 1 unspecified atom stereocenters. The number of ketones is 2. The standard InChI is InChI=1S/C22H26Cl2O4/c1-2-3-10-22(14-6-4-5-7-14)12-13-11-15(16(25)8-9-17(26)27)19(23)20(24)18(13)21(22)28/h11,14H,2-10,12H2,1H3,(H,26,27). The minimum atomic E-state index is -1.04. The fourth-order valence-corrected chi connectivity index (χ4v) is 5.56. The van der Waals surface area contributed by atoms with Gasteiger partial charge in [-0.2, -0.15) is 0 Å². The van der Waals surface area contributed by atoms with E-state index < -0.39 is 11.4 Å². The molecule has 0 heterocycles. The van der Waals surface area contributed by atoms with Crippen LogP contribution in [-0.2, 0) is 11.2 Å². The van der Waals surface area contributed by atoms with E-state index in [4.69, 9.17) is 28.3 Å². The van der Waals surface area contributed by atoms with E-state index in [-0.39, 0.29) is 40.0 Å². The van der Waals surface area contributed by atoms with Gasteiger partial charge in [-0.15, -0.1) is 0 Å². The van der Waals surface area contributed by atoms with E-state index in [1.165, 1.54) is 0 Å². The van der Waals surface area contributed by atoms with E-state index in [0.717, 1.165) is 50.5 Å². The van der Waals surface area contributed by atoms with Crippen LogP contribution >= 0.6 is 23.2 Å². The van der Waals surface area contributed by atoms with Gasteiger partial charge >= 0.3 is 5.97 Å². The Bertz CT molecular complexity index is 811. The molecule has 1 fully saturated rings. The quantitative estimate of drug-likeness (QED) is 0.508. The molecule has 0 radical (unpaired) electrons. The van der Waals surface area contributed by atoms with Crippen LogP contribution in [-0.4, -0.2) is 22.6 Å². The van der Waals surface area contributed by atoms with Crippen LogP contribution in [0.15, 0.2) is 6.07 Å². The van der Waals surface area contributed by atoms with Crippen molar-refractivity contribution in [3.8, 4) is 0 Å². The number of rotatable bonds is 8. The average Bonchev–Trinajstić information content (AvgIpc) is 3.28. The molecule has 1 atom stereocenters. The van der Waals surface area contributed by atoms with Gasteiger partial charge in [-0.25, -0.2) is 0 Å². The lowest BCUT2D eigenvalue weighted by molar-refractivity contribution is -0.136. The first-order valence-electron chi connectivity index (χ1n) is 10.1. The molecule has 2 aliphatic carbocycles. The van der Waals surface area contributed by atoms with Gasteiger partial charge in [0.25, 0.3) is 0 Å². The van der Waals surface area contributed by atoms with Crippen LogP contribution in [0.5, 0.6) is 0 Å². The third kappa shape index (κ3) is 3.73. The van der Waals surface area contributed by atoms with Crippen molar-refractivity contribution in [2.24, 2.45) is 11.3 Å². The van der Waals surface area contributed by atoms with Crippen LogP contribution in [0.3, 0.4) is 0 Å². The molecule has 4 nitrogen and oxygen atoms in total. The smallest absolute Gasteiger partial charge is 0.303 e. The number of halogens is 2. The van der Waals surface area contributed by atoms with Crippen molar-refractivity contribution in [1.82, 2.24) is 0 Å². The van der Waals surface area contributed by atoms with E-state index in [1.807, 2.05) is 0 Å². The first-order chi connectivity index (χ1) is 13.3. The number of hydrogen-bond acceptors (Lipinski definition) is 3. The van der Waals surface area contributed by atoms with E-state index >= 15 is 0 Å². The first-order valence-corrected chi connectivity index (χ1v) is 10.9. The van der Waals surface area contributed by atoms with Crippen molar-refractivity contribution in [3.05, 3.63) is 32.8 Å². The molecule has 0 aromatic heterocycles. The van der Waals surface area contributed by atoms with E-state index in [0.29, 0.717) is 17.9 Å². The van der Waals surface area contributed by atoms with Crippen molar-refractivity contribution in [1.29, 1.82) is 0 Å². The molecule has 152 valence electrons. The third-order valence-corrected chi connectivity index (χ3v) is 7.32. The fourth-order valence-electron chi connectivity index (χ4n) is 5.00. The lowest BCUT2D eigenvalue weighted by atomic mass is 9.68. The second kappa shape index (κ2) is 8.54. The Balaban J connectivity index is 2.00. The Morgan fingerprint density at radius 1 is 1.18 bits per heavy atom. The maximum Gasteiger partial charge on any atom is 0.303 e. The molecule has 28 heavy (non-hydrogen) atoms. The summed E-state index contributed by atoms with van der Waals surface area (Å²) in [4.78, 5) is 36.9. The van der Waals surface area contributed by atoms with Gasteiger partial charge < -0.3 is 5.11 Å². The zero-order valence-corrected chi connectivity index (χ0v) is 17.7.